The lowest BCUT2D eigenvalue weighted by molar-refractivity contribution is -0.156. The molecule has 0 saturated carbocycles. The highest BCUT2D eigenvalue weighted by molar-refractivity contribution is 7.18. The largest absolute Gasteiger partial charge is 0.455 e. The number of thiazole rings is 1. The molecule has 2 aromatic rings. The van der Waals surface area contributed by atoms with E-state index in [-0.39, 0.29) is 29.8 Å². The molecule has 1 amide bonds. The van der Waals surface area contributed by atoms with Crippen LogP contribution in [0.5, 0.6) is 0 Å². The molecule has 1 aliphatic rings. The fourth-order valence-electron chi connectivity index (χ4n) is 3.09. The SMILES string of the molecule is CC(C)C(=O)N1CCC(C(=O)OC(C)c2nc3ccccc3s2)CC1. The summed E-state index contributed by atoms with van der Waals surface area (Å²) in [6, 6.07) is 7.92. The van der Waals surface area contributed by atoms with Gasteiger partial charge in [-0.3, -0.25) is 9.59 Å². The van der Waals surface area contributed by atoms with Gasteiger partial charge in [0.15, 0.2) is 6.10 Å². The molecular formula is C19H24N2O3S. The summed E-state index contributed by atoms with van der Waals surface area (Å²) in [7, 11) is 0. The van der Waals surface area contributed by atoms with E-state index >= 15 is 0 Å². The summed E-state index contributed by atoms with van der Waals surface area (Å²) in [5.41, 5.74) is 0.936. The number of ether oxygens (including phenoxy) is 1. The van der Waals surface area contributed by atoms with Gasteiger partial charge in [-0.2, -0.15) is 0 Å². The van der Waals surface area contributed by atoms with E-state index in [0.717, 1.165) is 15.2 Å². The van der Waals surface area contributed by atoms with Gasteiger partial charge >= 0.3 is 5.97 Å². The molecule has 1 atom stereocenters. The smallest absolute Gasteiger partial charge is 0.309 e. The molecule has 1 fully saturated rings. The summed E-state index contributed by atoms with van der Waals surface area (Å²) >= 11 is 1.56. The van der Waals surface area contributed by atoms with E-state index in [1.165, 1.54) is 0 Å². The first kappa shape index (κ1) is 17.9. The first-order valence-electron chi connectivity index (χ1n) is 8.80. The van der Waals surface area contributed by atoms with Crippen molar-refractivity contribution >= 4 is 33.4 Å². The van der Waals surface area contributed by atoms with Crippen molar-refractivity contribution in [3.8, 4) is 0 Å². The number of carbonyl (C=O) groups is 2. The molecule has 5 nitrogen and oxygen atoms in total. The number of hydrogen-bond acceptors (Lipinski definition) is 5. The average Bonchev–Trinajstić information content (AvgIpc) is 3.05. The number of hydrogen-bond donors (Lipinski definition) is 0. The van der Waals surface area contributed by atoms with Gasteiger partial charge in [0.25, 0.3) is 0 Å². The van der Waals surface area contributed by atoms with Crippen LogP contribution in [0.15, 0.2) is 24.3 Å². The minimum Gasteiger partial charge on any atom is -0.455 e. The van der Waals surface area contributed by atoms with Crippen LogP contribution in [-0.4, -0.2) is 34.8 Å². The number of amides is 1. The molecule has 3 rings (SSSR count). The molecule has 25 heavy (non-hydrogen) atoms. The molecule has 1 aromatic carbocycles. The van der Waals surface area contributed by atoms with Crippen LogP contribution in [0.1, 0.15) is 44.7 Å². The van der Waals surface area contributed by atoms with Crippen molar-refractivity contribution in [3.05, 3.63) is 29.3 Å². The summed E-state index contributed by atoms with van der Waals surface area (Å²) < 4.78 is 6.75. The van der Waals surface area contributed by atoms with Crippen LogP contribution in [0.4, 0.5) is 0 Å². The first-order chi connectivity index (χ1) is 12.0. The summed E-state index contributed by atoms with van der Waals surface area (Å²) in [6.45, 7) is 6.94. The third-order valence-corrected chi connectivity index (χ3v) is 5.78. The Morgan fingerprint density at radius 2 is 1.88 bits per heavy atom. The molecule has 6 heteroatoms. The fourth-order valence-corrected chi connectivity index (χ4v) is 4.03. The zero-order chi connectivity index (χ0) is 18.0. The standard InChI is InChI=1S/C19H24N2O3S/c1-12(2)18(22)21-10-8-14(9-11-21)19(23)24-13(3)17-20-15-6-4-5-7-16(15)25-17/h4-7,12-14H,8-11H2,1-3H3. The van der Waals surface area contributed by atoms with Gasteiger partial charge in [-0.05, 0) is 31.9 Å². The lowest BCUT2D eigenvalue weighted by atomic mass is 9.96. The number of likely N-dealkylation sites (tertiary alicyclic amines) is 1. The quantitative estimate of drug-likeness (QED) is 0.778. The zero-order valence-electron chi connectivity index (χ0n) is 14.9. The van der Waals surface area contributed by atoms with E-state index in [0.29, 0.717) is 25.9 Å². The van der Waals surface area contributed by atoms with E-state index < -0.39 is 0 Å². The van der Waals surface area contributed by atoms with Crippen LogP contribution < -0.4 is 0 Å². The topological polar surface area (TPSA) is 59.5 Å². The third-order valence-electron chi connectivity index (χ3n) is 4.58. The number of carbonyl (C=O) groups excluding carboxylic acids is 2. The normalized spacial score (nSPS) is 17.0. The Morgan fingerprint density at radius 3 is 2.52 bits per heavy atom. The van der Waals surface area contributed by atoms with Gasteiger partial charge in [0.05, 0.1) is 16.1 Å². The van der Waals surface area contributed by atoms with Crippen molar-refractivity contribution in [1.82, 2.24) is 9.88 Å². The van der Waals surface area contributed by atoms with Crippen LogP contribution in [0.2, 0.25) is 0 Å². The van der Waals surface area contributed by atoms with Crippen molar-refractivity contribution in [2.24, 2.45) is 11.8 Å². The molecule has 2 heterocycles. The Morgan fingerprint density at radius 1 is 1.20 bits per heavy atom. The van der Waals surface area contributed by atoms with E-state index in [9.17, 15) is 9.59 Å². The lowest BCUT2D eigenvalue weighted by Crippen LogP contribution is -2.42. The number of aromatic nitrogens is 1. The maximum absolute atomic E-state index is 12.5. The van der Waals surface area contributed by atoms with Crippen LogP contribution in [-0.2, 0) is 14.3 Å². The second-order valence-electron chi connectivity index (χ2n) is 6.85. The molecule has 0 aliphatic carbocycles. The predicted octanol–water partition coefficient (Wildman–Crippen LogP) is 3.80. The minimum absolute atomic E-state index is 0.00237. The van der Waals surface area contributed by atoms with Crippen LogP contribution in [0.25, 0.3) is 10.2 Å². The molecule has 0 bridgehead atoms. The molecule has 1 aliphatic heterocycles. The Labute approximate surface area is 152 Å². The van der Waals surface area contributed by atoms with Gasteiger partial charge in [-0.15, -0.1) is 11.3 Å². The van der Waals surface area contributed by atoms with E-state index in [4.69, 9.17) is 4.74 Å². The highest BCUT2D eigenvalue weighted by atomic mass is 32.1. The zero-order valence-corrected chi connectivity index (χ0v) is 15.7. The number of rotatable bonds is 4. The number of para-hydroxylation sites is 1. The number of piperidine rings is 1. The van der Waals surface area contributed by atoms with Gasteiger partial charge in [-0.1, -0.05) is 26.0 Å². The second-order valence-corrected chi connectivity index (χ2v) is 7.92. The average molecular weight is 360 g/mol. The van der Waals surface area contributed by atoms with Gasteiger partial charge in [-0.25, -0.2) is 4.98 Å². The van der Waals surface area contributed by atoms with Crippen LogP contribution in [0.3, 0.4) is 0 Å². The summed E-state index contributed by atoms with van der Waals surface area (Å²) in [5, 5.41) is 0.821. The highest BCUT2D eigenvalue weighted by Crippen LogP contribution is 2.29. The molecule has 134 valence electrons. The predicted molar refractivity (Wildman–Crippen MR) is 98.3 cm³/mol. The lowest BCUT2D eigenvalue weighted by Gasteiger charge is -2.32. The van der Waals surface area contributed by atoms with Gasteiger partial charge in [0.2, 0.25) is 5.91 Å². The maximum atomic E-state index is 12.5. The summed E-state index contributed by atoms with van der Waals surface area (Å²) in [5.74, 6) is -0.145. The molecule has 1 unspecified atom stereocenters. The number of nitrogens with zero attached hydrogens (tertiary/aromatic N) is 2. The number of esters is 1. The first-order valence-corrected chi connectivity index (χ1v) is 9.62. The maximum Gasteiger partial charge on any atom is 0.309 e. The van der Waals surface area contributed by atoms with E-state index in [1.54, 1.807) is 11.3 Å². The molecule has 0 N–H and O–H groups in total. The summed E-state index contributed by atoms with van der Waals surface area (Å²) in [4.78, 5) is 30.9. The monoisotopic (exact) mass is 360 g/mol. The molecule has 1 aromatic heterocycles. The minimum atomic E-state index is -0.347. The van der Waals surface area contributed by atoms with E-state index in [2.05, 4.69) is 4.98 Å². The van der Waals surface area contributed by atoms with Gasteiger partial charge < -0.3 is 9.64 Å². The second kappa shape index (κ2) is 7.52. The van der Waals surface area contributed by atoms with Crippen LogP contribution >= 0.6 is 11.3 Å². The van der Waals surface area contributed by atoms with Crippen molar-refractivity contribution in [1.29, 1.82) is 0 Å². The molecular weight excluding hydrogens is 336 g/mol. The molecule has 1 saturated heterocycles. The van der Waals surface area contributed by atoms with Gasteiger partial charge in [0.1, 0.15) is 5.01 Å². The Bertz CT molecular complexity index is 730. The van der Waals surface area contributed by atoms with Crippen molar-refractivity contribution in [2.75, 3.05) is 13.1 Å². The Kier molecular flexibility index (Phi) is 5.37. The molecule has 0 spiro atoms. The van der Waals surface area contributed by atoms with Crippen LogP contribution in [0, 0.1) is 11.8 Å². The molecule has 0 radical (unpaired) electrons. The third kappa shape index (κ3) is 4.00. The number of fused-ring (bicyclic) bond motifs is 1. The van der Waals surface area contributed by atoms with Crippen molar-refractivity contribution in [2.45, 2.75) is 39.7 Å². The fraction of sp³-hybridized carbons (Fsp3) is 0.526. The summed E-state index contributed by atoms with van der Waals surface area (Å²) in [6.07, 6.45) is 0.994. The number of benzene rings is 1. The Hall–Kier alpha value is -1.95. The highest BCUT2D eigenvalue weighted by Gasteiger charge is 2.30. The van der Waals surface area contributed by atoms with Gasteiger partial charge in [0, 0.05) is 19.0 Å². The van der Waals surface area contributed by atoms with Crippen molar-refractivity contribution < 1.29 is 14.3 Å². The van der Waals surface area contributed by atoms with E-state index in [1.807, 2.05) is 49.9 Å². The van der Waals surface area contributed by atoms with Crippen molar-refractivity contribution in [3.63, 3.8) is 0 Å². The Balaban J connectivity index is 1.56.